The zero-order valence-electron chi connectivity index (χ0n) is 16.6. The molecule has 4 aromatic rings. The van der Waals surface area contributed by atoms with Crippen molar-refractivity contribution in [2.75, 3.05) is 7.11 Å². The largest absolute Gasteiger partial charge is 0.497 e. The van der Waals surface area contributed by atoms with Crippen molar-refractivity contribution in [2.45, 2.75) is 24.5 Å². The molecule has 0 radical (unpaired) electrons. The second-order valence-electron chi connectivity index (χ2n) is 6.86. The first-order chi connectivity index (χ1) is 14.2. The number of H-pyrrole nitrogens is 1. The molecule has 4 rings (SSSR count). The molecule has 3 aromatic carbocycles. The summed E-state index contributed by atoms with van der Waals surface area (Å²) < 4.78 is 11.1. The van der Waals surface area contributed by atoms with E-state index in [1.165, 1.54) is 11.1 Å². The van der Waals surface area contributed by atoms with Crippen LogP contribution >= 0.6 is 11.8 Å². The fraction of sp³-hybridized carbons (Fsp3) is 0.208. The zero-order valence-corrected chi connectivity index (χ0v) is 17.4. The van der Waals surface area contributed by atoms with Gasteiger partial charge in [0.15, 0.2) is 0 Å². The molecule has 1 atom stereocenters. The molecule has 0 aliphatic carbocycles. The number of ether oxygens (including phenoxy) is 2. The summed E-state index contributed by atoms with van der Waals surface area (Å²) in [5, 5.41) is 0.362. The summed E-state index contributed by atoms with van der Waals surface area (Å²) in [4.78, 5) is 8.07. The van der Waals surface area contributed by atoms with Gasteiger partial charge >= 0.3 is 0 Å². The fourth-order valence-corrected chi connectivity index (χ4v) is 4.00. The SMILES string of the molecule is COc1ccc2[nH]c(CSC(C)c3ccc(OCc4ccccc4)cc3)nc2c1. The summed E-state index contributed by atoms with van der Waals surface area (Å²) in [5.41, 5.74) is 4.42. The molecule has 1 heterocycles. The molecule has 1 aromatic heterocycles. The lowest BCUT2D eigenvalue weighted by Crippen LogP contribution is -1.96. The number of hydrogen-bond donors (Lipinski definition) is 1. The van der Waals surface area contributed by atoms with Crippen molar-refractivity contribution in [1.29, 1.82) is 0 Å². The number of aromatic nitrogens is 2. The maximum Gasteiger partial charge on any atom is 0.121 e. The molecule has 4 nitrogen and oxygen atoms in total. The van der Waals surface area contributed by atoms with Gasteiger partial charge in [-0.15, -0.1) is 11.8 Å². The van der Waals surface area contributed by atoms with Crippen LogP contribution in [-0.2, 0) is 12.4 Å². The van der Waals surface area contributed by atoms with Gasteiger partial charge in [0.05, 0.1) is 23.9 Å². The Kier molecular flexibility index (Phi) is 6.06. The van der Waals surface area contributed by atoms with Crippen molar-refractivity contribution in [2.24, 2.45) is 0 Å². The molecule has 0 aliphatic rings. The van der Waals surface area contributed by atoms with E-state index in [0.717, 1.165) is 34.1 Å². The minimum Gasteiger partial charge on any atom is -0.497 e. The lowest BCUT2D eigenvalue weighted by molar-refractivity contribution is 0.306. The van der Waals surface area contributed by atoms with E-state index in [0.29, 0.717) is 11.9 Å². The predicted octanol–water partition coefficient (Wildman–Crippen LogP) is 6.14. The van der Waals surface area contributed by atoms with Crippen LogP contribution < -0.4 is 9.47 Å². The molecule has 29 heavy (non-hydrogen) atoms. The molecule has 0 fully saturated rings. The highest BCUT2D eigenvalue weighted by molar-refractivity contribution is 7.98. The number of nitrogens with zero attached hydrogens (tertiary/aromatic N) is 1. The third kappa shape index (κ3) is 4.93. The molecule has 0 amide bonds. The third-order valence-corrected chi connectivity index (χ3v) is 6.02. The Labute approximate surface area is 175 Å². The van der Waals surface area contributed by atoms with Crippen molar-refractivity contribution in [3.8, 4) is 11.5 Å². The maximum atomic E-state index is 5.88. The van der Waals surface area contributed by atoms with Crippen molar-refractivity contribution in [3.63, 3.8) is 0 Å². The Morgan fingerprint density at radius 1 is 0.966 bits per heavy atom. The lowest BCUT2D eigenvalue weighted by Gasteiger charge is -2.12. The smallest absolute Gasteiger partial charge is 0.121 e. The number of benzene rings is 3. The molecule has 0 saturated carbocycles. The van der Waals surface area contributed by atoms with E-state index in [4.69, 9.17) is 9.47 Å². The van der Waals surface area contributed by atoms with Crippen molar-refractivity contribution >= 4 is 22.8 Å². The topological polar surface area (TPSA) is 47.1 Å². The lowest BCUT2D eigenvalue weighted by atomic mass is 10.1. The van der Waals surface area contributed by atoms with Crippen LogP contribution in [0, 0.1) is 0 Å². The average molecular weight is 405 g/mol. The summed E-state index contributed by atoms with van der Waals surface area (Å²) in [7, 11) is 1.67. The van der Waals surface area contributed by atoms with Gasteiger partial charge in [0.25, 0.3) is 0 Å². The summed E-state index contributed by atoms with van der Waals surface area (Å²) in [6, 6.07) is 24.5. The predicted molar refractivity (Wildman–Crippen MR) is 120 cm³/mol. The van der Waals surface area contributed by atoms with Gasteiger partial charge in [-0.25, -0.2) is 4.98 Å². The van der Waals surface area contributed by atoms with Crippen LogP contribution in [0.5, 0.6) is 11.5 Å². The molecule has 148 valence electrons. The second-order valence-corrected chi connectivity index (χ2v) is 8.19. The number of nitrogens with one attached hydrogen (secondary N) is 1. The van der Waals surface area contributed by atoms with Crippen LogP contribution in [0.15, 0.2) is 72.8 Å². The number of hydrogen-bond acceptors (Lipinski definition) is 4. The average Bonchev–Trinajstić information content (AvgIpc) is 3.19. The molecule has 5 heteroatoms. The molecular formula is C24H24N2O2S. The molecule has 0 spiro atoms. The number of rotatable bonds is 8. The van der Waals surface area contributed by atoms with Crippen LogP contribution in [0.25, 0.3) is 11.0 Å². The van der Waals surface area contributed by atoms with Crippen LogP contribution in [-0.4, -0.2) is 17.1 Å². The van der Waals surface area contributed by atoms with E-state index in [9.17, 15) is 0 Å². The van der Waals surface area contributed by atoms with E-state index in [-0.39, 0.29) is 0 Å². The standard InChI is InChI=1S/C24H24N2O2S/c1-17(29-16-24-25-22-13-12-21(27-2)14-23(22)26-24)19-8-10-20(11-9-19)28-15-18-6-4-3-5-7-18/h3-14,17H,15-16H2,1-2H3,(H,25,26). The van der Waals surface area contributed by atoms with Crippen LogP contribution in [0.1, 0.15) is 29.1 Å². The molecule has 1 unspecified atom stereocenters. The van der Waals surface area contributed by atoms with Gasteiger partial charge in [0, 0.05) is 11.3 Å². The highest BCUT2D eigenvalue weighted by Gasteiger charge is 2.10. The zero-order chi connectivity index (χ0) is 20.1. The monoisotopic (exact) mass is 404 g/mol. The van der Waals surface area contributed by atoms with Gasteiger partial charge in [-0.3, -0.25) is 0 Å². The number of thioether (sulfide) groups is 1. The molecule has 0 saturated heterocycles. The Balaban J connectivity index is 1.33. The van der Waals surface area contributed by atoms with Gasteiger partial charge < -0.3 is 14.5 Å². The Morgan fingerprint density at radius 2 is 1.72 bits per heavy atom. The molecule has 0 bridgehead atoms. The van der Waals surface area contributed by atoms with Gasteiger partial charge in [-0.05, 0) is 42.3 Å². The van der Waals surface area contributed by atoms with Crippen molar-refractivity contribution < 1.29 is 9.47 Å². The van der Waals surface area contributed by atoms with E-state index in [1.807, 2.05) is 60.3 Å². The first kappa shape index (κ1) is 19.4. The first-order valence-corrected chi connectivity index (χ1v) is 10.7. The first-order valence-electron chi connectivity index (χ1n) is 9.62. The van der Waals surface area contributed by atoms with E-state index in [2.05, 4.69) is 41.2 Å². The third-order valence-electron chi connectivity index (χ3n) is 4.81. The highest BCUT2D eigenvalue weighted by Crippen LogP contribution is 2.32. The number of methoxy groups -OCH3 is 1. The van der Waals surface area contributed by atoms with Crippen LogP contribution in [0.2, 0.25) is 0 Å². The summed E-state index contributed by atoms with van der Waals surface area (Å²) in [5.74, 6) is 3.52. The van der Waals surface area contributed by atoms with Gasteiger partial charge in [0.1, 0.15) is 23.9 Å². The minimum absolute atomic E-state index is 0.362. The summed E-state index contributed by atoms with van der Waals surface area (Å²) in [6.45, 7) is 2.80. The Morgan fingerprint density at radius 3 is 2.48 bits per heavy atom. The second kappa shape index (κ2) is 9.05. The normalized spacial score (nSPS) is 12.1. The Bertz CT molecular complexity index is 1060. The van der Waals surface area contributed by atoms with Crippen LogP contribution in [0.3, 0.4) is 0 Å². The van der Waals surface area contributed by atoms with Gasteiger partial charge in [-0.2, -0.15) is 0 Å². The van der Waals surface area contributed by atoms with E-state index in [1.54, 1.807) is 7.11 Å². The van der Waals surface area contributed by atoms with E-state index < -0.39 is 0 Å². The number of fused-ring (bicyclic) bond motifs is 1. The number of aromatic amines is 1. The van der Waals surface area contributed by atoms with Crippen molar-refractivity contribution in [3.05, 3.63) is 89.7 Å². The summed E-state index contributed by atoms with van der Waals surface area (Å²) in [6.07, 6.45) is 0. The minimum atomic E-state index is 0.362. The van der Waals surface area contributed by atoms with Gasteiger partial charge in [0.2, 0.25) is 0 Å². The van der Waals surface area contributed by atoms with Gasteiger partial charge in [-0.1, -0.05) is 42.5 Å². The maximum absolute atomic E-state index is 5.88. The van der Waals surface area contributed by atoms with Crippen molar-refractivity contribution in [1.82, 2.24) is 9.97 Å². The van der Waals surface area contributed by atoms with E-state index >= 15 is 0 Å². The molecular weight excluding hydrogens is 380 g/mol. The summed E-state index contributed by atoms with van der Waals surface area (Å²) >= 11 is 1.86. The van der Waals surface area contributed by atoms with Crippen LogP contribution in [0.4, 0.5) is 0 Å². The number of imidazole rings is 1. The highest BCUT2D eigenvalue weighted by atomic mass is 32.2. The molecule has 0 aliphatic heterocycles. The Hall–Kier alpha value is -2.92. The quantitative estimate of drug-likeness (QED) is 0.383. The fourth-order valence-electron chi connectivity index (χ4n) is 3.11. The molecule has 1 N–H and O–H groups in total.